The van der Waals surface area contributed by atoms with Crippen LogP contribution in [0.4, 0.5) is 8.78 Å². The molecule has 2 unspecified atom stereocenters. The molecule has 1 aliphatic heterocycles. The SMILES string of the molecule is CC1CN(C)CCC1NCc1ccc(F)c(F)c1. The van der Waals surface area contributed by atoms with Crippen molar-refractivity contribution in [2.45, 2.75) is 25.9 Å². The van der Waals surface area contributed by atoms with Gasteiger partial charge in [0.2, 0.25) is 0 Å². The predicted molar refractivity (Wildman–Crippen MR) is 68.3 cm³/mol. The molecular formula is C14H20F2N2. The second-order valence-electron chi connectivity index (χ2n) is 5.26. The van der Waals surface area contributed by atoms with Crippen molar-refractivity contribution in [2.24, 2.45) is 5.92 Å². The molecule has 1 fully saturated rings. The Kier molecular flexibility index (Phi) is 4.30. The molecule has 2 atom stereocenters. The lowest BCUT2D eigenvalue weighted by molar-refractivity contribution is 0.174. The van der Waals surface area contributed by atoms with Crippen molar-refractivity contribution in [1.82, 2.24) is 10.2 Å². The second-order valence-corrected chi connectivity index (χ2v) is 5.26. The molecule has 4 heteroatoms. The highest BCUT2D eigenvalue weighted by atomic mass is 19.2. The van der Waals surface area contributed by atoms with Gasteiger partial charge in [0.15, 0.2) is 11.6 Å². The number of nitrogens with zero attached hydrogens (tertiary/aromatic N) is 1. The Bertz CT molecular complexity index is 409. The molecule has 0 radical (unpaired) electrons. The van der Waals surface area contributed by atoms with Crippen molar-refractivity contribution >= 4 is 0 Å². The molecule has 1 aromatic rings. The Morgan fingerprint density at radius 1 is 1.33 bits per heavy atom. The van der Waals surface area contributed by atoms with E-state index < -0.39 is 11.6 Å². The minimum Gasteiger partial charge on any atom is -0.310 e. The Labute approximate surface area is 107 Å². The first-order valence-electron chi connectivity index (χ1n) is 6.42. The lowest BCUT2D eigenvalue weighted by atomic mass is 9.94. The zero-order valence-corrected chi connectivity index (χ0v) is 10.9. The number of benzene rings is 1. The van der Waals surface area contributed by atoms with E-state index in [9.17, 15) is 8.78 Å². The van der Waals surface area contributed by atoms with Crippen molar-refractivity contribution in [3.05, 3.63) is 35.4 Å². The second kappa shape index (κ2) is 5.76. The Hall–Kier alpha value is -1.00. The molecule has 2 nitrogen and oxygen atoms in total. The summed E-state index contributed by atoms with van der Waals surface area (Å²) < 4.78 is 25.9. The zero-order valence-electron chi connectivity index (χ0n) is 10.9. The Morgan fingerprint density at radius 3 is 2.78 bits per heavy atom. The summed E-state index contributed by atoms with van der Waals surface area (Å²) in [6.07, 6.45) is 1.10. The largest absolute Gasteiger partial charge is 0.310 e. The highest BCUT2D eigenvalue weighted by molar-refractivity contribution is 5.17. The molecule has 0 aliphatic carbocycles. The van der Waals surface area contributed by atoms with Crippen LogP contribution in [-0.2, 0) is 6.54 Å². The normalized spacial score (nSPS) is 25.3. The number of piperidine rings is 1. The van der Waals surface area contributed by atoms with Gasteiger partial charge in [0.05, 0.1) is 0 Å². The van der Waals surface area contributed by atoms with E-state index in [-0.39, 0.29) is 0 Å². The summed E-state index contributed by atoms with van der Waals surface area (Å²) in [6, 6.07) is 4.53. The van der Waals surface area contributed by atoms with Gasteiger partial charge in [0.25, 0.3) is 0 Å². The van der Waals surface area contributed by atoms with Gasteiger partial charge in [-0.2, -0.15) is 0 Å². The maximum absolute atomic E-state index is 13.1. The topological polar surface area (TPSA) is 15.3 Å². The standard InChI is InChI=1S/C14H20F2N2/c1-10-9-18(2)6-5-14(10)17-8-11-3-4-12(15)13(16)7-11/h3-4,7,10,14,17H,5-6,8-9H2,1-2H3. The molecule has 1 aromatic carbocycles. The fourth-order valence-electron chi connectivity index (χ4n) is 2.56. The van der Waals surface area contributed by atoms with Crippen LogP contribution in [0, 0.1) is 17.6 Å². The maximum Gasteiger partial charge on any atom is 0.159 e. The van der Waals surface area contributed by atoms with E-state index in [4.69, 9.17) is 0 Å². The molecule has 0 spiro atoms. The molecule has 1 aliphatic rings. The monoisotopic (exact) mass is 254 g/mol. The molecular weight excluding hydrogens is 234 g/mol. The van der Waals surface area contributed by atoms with Gasteiger partial charge in [-0.05, 0) is 43.6 Å². The third kappa shape index (κ3) is 3.27. The van der Waals surface area contributed by atoms with Crippen LogP contribution in [-0.4, -0.2) is 31.1 Å². The Balaban J connectivity index is 1.89. The van der Waals surface area contributed by atoms with E-state index in [0.29, 0.717) is 18.5 Å². The maximum atomic E-state index is 13.1. The molecule has 0 bridgehead atoms. The summed E-state index contributed by atoms with van der Waals surface area (Å²) in [5.74, 6) is -0.980. The molecule has 1 heterocycles. The average Bonchev–Trinajstić information content (AvgIpc) is 2.32. The number of rotatable bonds is 3. The van der Waals surface area contributed by atoms with Crippen molar-refractivity contribution < 1.29 is 8.78 Å². The van der Waals surface area contributed by atoms with E-state index >= 15 is 0 Å². The number of hydrogen-bond donors (Lipinski definition) is 1. The molecule has 1 N–H and O–H groups in total. The van der Waals surface area contributed by atoms with Crippen LogP contribution in [0.1, 0.15) is 18.9 Å². The fraction of sp³-hybridized carbons (Fsp3) is 0.571. The molecule has 18 heavy (non-hydrogen) atoms. The van der Waals surface area contributed by atoms with Crippen molar-refractivity contribution in [3.63, 3.8) is 0 Å². The van der Waals surface area contributed by atoms with Gasteiger partial charge in [0, 0.05) is 19.1 Å². The van der Waals surface area contributed by atoms with Crippen LogP contribution in [0.15, 0.2) is 18.2 Å². The highest BCUT2D eigenvalue weighted by Crippen LogP contribution is 2.16. The van der Waals surface area contributed by atoms with Crippen molar-refractivity contribution in [2.75, 3.05) is 20.1 Å². The molecule has 1 saturated heterocycles. The van der Waals surface area contributed by atoms with Gasteiger partial charge in [-0.3, -0.25) is 0 Å². The third-order valence-electron chi connectivity index (χ3n) is 3.66. The molecule has 100 valence electrons. The van der Waals surface area contributed by atoms with E-state index in [1.54, 1.807) is 6.07 Å². The summed E-state index contributed by atoms with van der Waals surface area (Å²) >= 11 is 0. The summed E-state index contributed by atoms with van der Waals surface area (Å²) in [7, 11) is 2.13. The molecule has 2 rings (SSSR count). The van der Waals surface area contributed by atoms with Crippen LogP contribution in [0.5, 0.6) is 0 Å². The van der Waals surface area contributed by atoms with Crippen LogP contribution in [0.25, 0.3) is 0 Å². The van der Waals surface area contributed by atoms with Gasteiger partial charge < -0.3 is 10.2 Å². The third-order valence-corrected chi connectivity index (χ3v) is 3.66. The fourth-order valence-corrected chi connectivity index (χ4v) is 2.56. The summed E-state index contributed by atoms with van der Waals surface area (Å²) in [5.41, 5.74) is 0.792. The first-order chi connectivity index (χ1) is 8.56. The zero-order chi connectivity index (χ0) is 13.1. The summed E-state index contributed by atoms with van der Waals surface area (Å²) in [4.78, 5) is 2.32. The first kappa shape index (κ1) is 13.4. The molecule has 0 saturated carbocycles. The van der Waals surface area contributed by atoms with Crippen LogP contribution in [0.3, 0.4) is 0 Å². The van der Waals surface area contributed by atoms with Crippen molar-refractivity contribution in [3.8, 4) is 0 Å². The molecule has 0 aromatic heterocycles. The van der Waals surface area contributed by atoms with Crippen LogP contribution < -0.4 is 5.32 Å². The van der Waals surface area contributed by atoms with Crippen LogP contribution >= 0.6 is 0 Å². The first-order valence-corrected chi connectivity index (χ1v) is 6.42. The van der Waals surface area contributed by atoms with Gasteiger partial charge in [-0.1, -0.05) is 13.0 Å². The quantitative estimate of drug-likeness (QED) is 0.891. The number of likely N-dealkylation sites (tertiary alicyclic amines) is 1. The van der Waals surface area contributed by atoms with Gasteiger partial charge in [-0.25, -0.2) is 8.78 Å². The minimum absolute atomic E-state index is 0.453. The lowest BCUT2D eigenvalue weighted by Gasteiger charge is -2.35. The van der Waals surface area contributed by atoms with Crippen molar-refractivity contribution in [1.29, 1.82) is 0 Å². The van der Waals surface area contributed by atoms with Gasteiger partial charge in [0.1, 0.15) is 0 Å². The number of nitrogens with one attached hydrogen (secondary N) is 1. The van der Waals surface area contributed by atoms with Gasteiger partial charge >= 0.3 is 0 Å². The van der Waals surface area contributed by atoms with Crippen LogP contribution in [0.2, 0.25) is 0 Å². The molecule has 0 amide bonds. The average molecular weight is 254 g/mol. The predicted octanol–water partition coefficient (Wildman–Crippen LogP) is 2.39. The van der Waals surface area contributed by atoms with E-state index in [1.807, 2.05) is 0 Å². The number of halogens is 2. The van der Waals surface area contributed by atoms with E-state index in [2.05, 4.69) is 24.2 Å². The lowest BCUT2D eigenvalue weighted by Crippen LogP contribution is -2.46. The summed E-state index contributed by atoms with van der Waals surface area (Å²) in [5, 5.41) is 3.44. The smallest absolute Gasteiger partial charge is 0.159 e. The minimum atomic E-state index is -0.786. The number of hydrogen-bond acceptors (Lipinski definition) is 2. The summed E-state index contributed by atoms with van der Waals surface area (Å²) in [6.45, 7) is 4.98. The Morgan fingerprint density at radius 2 is 2.11 bits per heavy atom. The van der Waals surface area contributed by atoms with Gasteiger partial charge in [-0.15, -0.1) is 0 Å². The van der Waals surface area contributed by atoms with E-state index in [1.165, 1.54) is 12.1 Å². The highest BCUT2D eigenvalue weighted by Gasteiger charge is 2.23. The van der Waals surface area contributed by atoms with E-state index in [0.717, 1.165) is 25.1 Å².